The van der Waals surface area contributed by atoms with E-state index in [2.05, 4.69) is 12.2 Å². The summed E-state index contributed by atoms with van der Waals surface area (Å²) in [5.74, 6) is -0.116. The minimum atomic E-state index is -0.0747. The number of para-hydroxylation sites is 1. The Labute approximate surface area is 101 Å². The highest BCUT2D eigenvalue weighted by Gasteiger charge is 2.27. The van der Waals surface area contributed by atoms with Gasteiger partial charge in [-0.15, -0.1) is 0 Å². The van der Waals surface area contributed by atoms with Crippen molar-refractivity contribution in [1.82, 2.24) is 5.32 Å². The molecule has 4 nitrogen and oxygen atoms in total. The molecule has 0 saturated carbocycles. The first-order chi connectivity index (χ1) is 8.11. The van der Waals surface area contributed by atoms with Crippen LogP contribution in [0.4, 0.5) is 0 Å². The predicted octanol–water partition coefficient (Wildman–Crippen LogP) is 1.76. The van der Waals surface area contributed by atoms with Crippen molar-refractivity contribution in [3.05, 3.63) is 23.8 Å². The highest BCUT2D eigenvalue weighted by molar-refractivity contribution is 5.44. The first-order valence-electron chi connectivity index (χ1n) is 5.93. The zero-order valence-corrected chi connectivity index (χ0v) is 10.1. The number of phenolic OH excluding ortho intramolecular Hbond substituents is 2. The third kappa shape index (κ3) is 2.90. The molecule has 1 saturated heterocycles. The van der Waals surface area contributed by atoms with Crippen LogP contribution < -0.4 is 5.32 Å². The SMILES string of the molecule is CC1(NCc2cccc(O)c2O)CCCOC1. The zero-order chi connectivity index (χ0) is 12.3. The van der Waals surface area contributed by atoms with E-state index in [0.29, 0.717) is 18.7 Å². The lowest BCUT2D eigenvalue weighted by Gasteiger charge is -2.34. The van der Waals surface area contributed by atoms with Gasteiger partial charge in [-0.25, -0.2) is 0 Å². The largest absolute Gasteiger partial charge is 0.504 e. The lowest BCUT2D eigenvalue weighted by atomic mass is 9.94. The highest BCUT2D eigenvalue weighted by atomic mass is 16.5. The van der Waals surface area contributed by atoms with Crippen LogP contribution in [0.15, 0.2) is 18.2 Å². The Balaban J connectivity index is 1.99. The molecule has 1 aliphatic heterocycles. The summed E-state index contributed by atoms with van der Waals surface area (Å²) in [6.07, 6.45) is 2.11. The fourth-order valence-electron chi connectivity index (χ4n) is 2.10. The number of hydrogen-bond donors (Lipinski definition) is 3. The fourth-order valence-corrected chi connectivity index (χ4v) is 2.10. The van der Waals surface area contributed by atoms with Crippen LogP contribution in [0.2, 0.25) is 0 Å². The van der Waals surface area contributed by atoms with Crippen LogP contribution >= 0.6 is 0 Å². The molecule has 1 aromatic carbocycles. The van der Waals surface area contributed by atoms with Gasteiger partial charge in [0.1, 0.15) is 0 Å². The molecule has 1 aliphatic rings. The van der Waals surface area contributed by atoms with Crippen LogP contribution in [-0.2, 0) is 11.3 Å². The van der Waals surface area contributed by atoms with E-state index < -0.39 is 0 Å². The van der Waals surface area contributed by atoms with Crippen molar-refractivity contribution in [3.63, 3.8) is 0 Å². The van der Waals surface area contributed by atoms with Gasteiger partial charge in [0, 0.05) is 24.3 Å². The summed E-state index contributed by atoms with van der Waals surface area (Å²) in [6.45, 7) is 4.16. The van der Waals surface area contributed by atoms with Crippen molar-refractivity contribution in [1.29, 1.82) is 0 Å². The number of benzene rings is 1. The van der Waals surface area contributed by atoms with Crippen molar-refractivity contribution in [3.8, 4) is 11.5 Å². The summed E-state index contributed by atoms with van der Waals surface area (Å²) < 4.78 is 5.45. The average molecular weight is 237 g/mol. The topological polar surface area (TPSA) is 61.7 Å². The molecule has 0 bridgehead atoms. The zero-order valence-electron chi connectivity index (χ0n) is 10.1. The summed E-state index contributed by atoms with van der Waals surface area (Å²) in [6, 6.07) is 5.01. The maximum atomic E-state index is 9.69. The van der Waals surface area contributed by atoms with Gasteiger partial charge in [0.25, 0.3) is 0 Å². The third-order valence-electron chi connectivity index (χ3n) is 3.24. The Kier molecular flexibility index (Phi) is 3.54. The van der Waals surface area contributed by atoms with Crippen LogP contribution in [0.25, 0.3) is 0 Å². The summed E-state index contributed by atoms with van der Waals surface area (Å²) in [5, 5.41) is 22.5. The van der Waals surface area contributed by atoms with E-state index in [0.717, 1.165) is 19.4 Å². The average Bonchev–Trinajstić information content (AvgIpc) is 2.32. The highest BCUT2D eigenvalue weighted by Crippen LogP contribution is 2.29. The summed E-state index contributed by atoms with van der Waals surface area (Å²) >= 11 is 0. The van der Waals surface area contributed by atoms with E-state index in [-0.39, 0.29) is 17.0 Å². The van der Waals surface area contributed by atoms with Gasteiger partial charge >= 0.3 is 0 Å². The van der Waals surface area contributed by atoms with Gasteiger partial charge in [0.05, 0.1) is 6.61 Å². The van der Waals surface area contributed by atoms with Crippen molar-refractivity contribution in [2.24, 2.45) is 0 Å². The van der Waals surface area contributed by atoms with Crippen LogP contribution in [0, 0.1) is 0 Å². The lowest BCUT2D eigenvalue weighted by Crippen LogP contribution is -2.48. The van der Waals surface area contributed by atoms with E-state index in [1.807, 2.05) is 0 Å². The van der Waals surface area contributed by atoms with E-state index >= 15 is 0 Å². The van der Waals surface area contributed by atoms with Crippen molar-refractivity contribution < 1.29 is 14.9 Å². The van der Waals surface area contributed by atoms with Crippen LogP contribution in [0.1, 0.15) is 25.3 Å². The van der Waals surface area contributed by atoms with E-state index in [9.17, 15) is 10.2 Å². The van der Waals surface area contributed by atoms with Gasteiger partial charge in [-0.1, -0.05) is 12.1 Å². The van der Waals surface area contributed by atoms with Crippen molar-refractivity contribution in [2.45, 2.75) is 31.8 Å². The monoisotopic (exact) mass is 237 g/mol. The van der Waals surface area contributed by atoms with Crippen LogP contribution in [0.5, 0.6) is 11.5 Å². The number of nitrogens with one attached hydrogen (secondary N) is 1. The summed E-state index contributed by atoms with van der Waals surface area (Å²) in [7, 11) is 0. The fraction of sp³-hybridized carbons (Fsp3) is 0.538. The molecule has 0 aliphatic carbocycles. The minimum absolute atomic E-state index is 0.0414. The Morgan fingerprint density at radius 2 is 2.24 bits per heavy atom. The first-order valence-corrected chi connectivity index (χ1v) is 5.93. The van der Waals surface area contributed by atoms with Gasteiger partial charge in [0.15, 0.2) is 11.5 Å². The Morgan fingerprint density at radius 1 is 1.41 bits per heavy atom. The van der Waals surface area contributed by atoms with Crippen molar-refractivity contribution >= 4 is 0 Å². The number of phenols is 2. The molecule has 0 spiro atoms. The minimum Gasteiger partial charge on any atom is -0.504 e. The summed E-state index contributed by atoms with van der Waals surface area (Å²) in [5.41, 5.74) is 0.660. The quantitative estimate of drug-likeness (QED) is 0.701. The molecule has 3 N–H and O–H groups in total. The Hall–Kier alpha value is -1.26. The van der Waals surface area contributed by atoms with Gasteiger partial charge in [-0.05, 0) is 25.8 Å². The number of aromatic hydroxyl groups is 2. The molecule has 0 aromatic heterocycles. The second kappa shape index (κ2) is 4.94. The molecule has 17 heavy (non-hydrogen) atoms. The maximum absolute atomic E-state index is 9.69. The van der Waals surface area contributed by atoms with E-state index in [1.165, 1.54) is 6.07 Å². The first kappa shape index (κ1) is 12.2. The molecular formula is C13H19NO3. The molecular weight excluding hydrogens is 218 g/mol. The van der Waals surface area contributed by atoms with Gasteiger partial charge in [-0.2, -0.15) is 0 Å². The lowest BCUT2D eigenvalue weighted by molar-refractivity contribution is 0.0277. The molecule has 0 amide bonds. The smallest absolute Gasteiger partial charge is 0.161 e. The molecule has 0 radical (unpaired) electrons. The van der Waals surface area contributed by atoms with Gasteiger partial charge < -0.3 is 20.3 Å². The molecule has 1 atom stereocenters. The third-order valence-corrected chi connectivity index (χ3v) is 3.24. The number of rotatable bonds is 3. The second-order valence-electron chi connectivity index (χ2n) is 4.86. The predicted molar refractivity (Wildman–Crippen MR) is 65.1 cm³/mol. The molecule has 4 heteroatoms. The van der Waals surface area contributed by atoms with Gasteiger partial charge in [0.2, 0.25) is 0 Å². The number of ether oxygens (including phenoxy) is 1. The molecule has 94 valence electrons. The van der Waals surface area contributed by atoms with Crippen molar-refractivity contribution in [2.75, 3.05) is 13.2 Å². The van der Waals surface area contributed by atoms with E-state index in [1.54, 1.807) is 12.1 Å². The number of hydrogen-bond acceptors (Lipinski definition) is 4. The van der Waals surface area contributed by atoms with Gasteiger partial charge in [-0.3, -0.25) is 0 Å². The standard InChI is InChI=1S/C13H19NO3/c1-13(6-3-7-17-9-13)14-8-10-4-2-5-11(15)12(10)16/h2,4-5,14-16H,3,6-9H2,1H3. The summed E-state index contributed by atoms with van der Waals surface area (Å²) in [4.78, 5) is 0. The Bertz CT molecular complexity index is 386. The molecule has 2 rings (SSSR count). The normalized spacial score (nSPS) is 24.8. The van der Waals surface area contributed by atoms with Crippen LogP contribution in [0.3, 0.4) is 0 Å². The second-order valence-corrected chi connectivity index (χ2v) is 4.86. The Morgan fingerprint density at radius 3 is 2.94 bits per heavy atom. The van der Waals surface area contributed by atoms with Crippen LogP contribution in [-0.4, -0.2) is 29.0 Å². The molecule has 1 aromatic rings. The van der Waals surface area contributed by atoms with E-state index in [4.69, 9.17) is 4.74 Å². The molecule has 1 heterocycles. The maximum Gasteiger partial charge on any atom is 0.161 e. The molecule has 1 fully saturated rings. The molecule has 1 unspecified atom stereocenters.